The molecule has 0 aliphatic rings. The van der Waals surface area contributed by atoms with Crippen LogP contribution in [0.3, 0.4) is 0 Å². The van der Waals surface area contributed by atoms with Crippen LogP contribution in [0.15, 0.2) is 23.8 Å². The largest absolute Gasteiger partial charge is 0.261 e. The quantitative estimate of drug-likeness (QED) is 0.730. The Morgan fingerprint density at radius 2 is 2.38 bits per heavy atom. The number of pyridine rings is 1. The van der Waals surface area contributed by atoms with E-state index in [0.29, 0.717) is 0 Å². The zero-order valence-corrected chi connectivity index (χ0v) is 8.08. The molecule has 0 atom stereocenters. The molecule has 0 aromatic carbocycles. The van der Waals surface area contributed by atoms with Gasteiger partial charge in [0, 0.05) is 17.5 Å². The molecular formula is C9H9N3S. The summed E-state index contributed by atoms with van der Waals surface area (Å²) in [5, 5.41) is 8.76. The van der Waals surface area contributed by atoms with Crippen molar-refractivity contribution in [2.45, 2.75) is 13.3 Å². The smallest absolute Gasteiger partial charge is 0.147 e. The van der Waals surface area contributed by atoms with Gasteiger partial charge >= 0.3 is 0 Å². The van der Waals surface area contributed by atoms with E-state index in [9.17, 15) is 0 Å². The molecule has 0 unspecified atom stereocenters. The molecule has 0 N–H and O–H groups in total. The Balaban J connectivity index is 2.41. The van der Waals surface area contributed by atoms with Crippen molar-refractivity contribution in [1.29, 1.82) is 0 Å². The molecule has 0 fully saturated rings. The van der Waals surface area contributed by atoms with Gasteiger partial charge in [-0.2, -0.15) is 0 Å². The maximum atomic E-state index is 4.22. The summed E-state index contributed by atoms with van der Waals surface area (Å²) < 4.78 is 0. The maximum Gasteiger partial charge on any atom is 0.147 e. The molecule has 13 heavy (non-hydrogen) atoms. The van der Waals surface area contributed by atoms with Crippen LogP contribution >= 0.6 is 11.3 Å². The molecule has 2 aromatic rings. The van der Waals surface area contributed by atoms with Gasteiger partial charge in [-0.15, -0.1) is 10.2 Å². The zero-order valence-electron chi connectivity index (χ0n) is 7.27. The summed E-state index contributed by atoms with van der Waals surface area (Å²) in [7, 11) is 0. The summed E-state index contributed by atoms with van der Waals surface area (Å²) >= 11 is 1.55. The van der Waals surface area contributed by atoms with Crippen molar-refractivity contribution >= 4 is 11.3 Å². The van der Waals surface area contributed by atoms with Crippen molar-refractivity contribution in [3.05, 3.63) is 29.5 Å². The van der Waals surface area contributed by atoms with Gasteiger partial charge < -0.3 is 0 Å². The van der Waals surface area contributed by atoms with E-state index in [-0.39, 0.29) is 0 Å². The van der Waals surface area contributed by atoms with Crippen molar-refractivity contribution < 1.29 is 0 Å². The van der Waals surface area contributed by atoms with Crippen molar-refractivity contribution in [3.8, 4) is 10.6 Å². The molecule has 0 radical (unpaired) electrons. The Hall–Kier alpha value is -1.29. The highest BCUT2D eigenvalue weighted by molar-refractivity contribution is 7.12. The fraction of sp³-hybridized carbons (Fsp3) is 0.222. The Morgan fingerprint density at radius 3 is 3.08 bits per heavy atom. The molecule has 0 aliphatic carbocycles. The first-order chi connectivity index (χ1) is 6.40. The van der Waals surface area contributed by atoms with Crippen molar-refractivity contribution in [2.75, 3.05) is 0 Å². The molecule has 2 heterocycles. The van der Waals surface area contributed by atoms with Crippen LogP contribution in [-0.4, -0.2) is 15.2 Å². The first-order valence-corrected chi connectivity index (χ1v) is 4.99. The van der Waals surface area contributed by atoms with Gasteiger partial charge in [0.05, 0.1) is 0 Å². The van der Waals surface area contributed by atoms with Crippen LogP contribution in [0.5, 0.6) is 0 Å². The number of rotatable bonds is 2. The lowest BCUT2D eigenvalue weighted by Gasteiger charge is -1.97. The fourth-order valence-electron chi connectivity index (χ4n) is 1.10. The molecule has 3 nitrogen and oxygen atoms in total. The third-order valence-corrected chi connectivity index (χ3v) is 2.53. The van der Waals surface area contributed by atoms with Crippen LogP contribution in [0, 0.1) is 0 Å². The van der Waals surface area contributed by atoms with Gasteiger partial charge in [0.15, 0.2) is 0 Å². The predicted molar refractivity (Wildman–Crippen MR) is 52.5 cm³/mol. The van der Waals surface area contributed by atoms with E-state index in [1.165, 1.54) is 0 Å². The van der Waals surface area contributed by atoms with Gasteiger partial charge in [0.25, 0.3) is 0 Å². The molecule has 0 amide bonds. The molecule has 0 aliphatic heterocycles. The summed E-state index contributed by atoms with van der Waals surface area (Å²) in [6.07, 6.45) is 2.77. The second-order valence-electron chi connectivity index (χ2n) is 2.63. The van der Waals surface area contributed by atoms with Gasteiger partial charge in [0.2, 0.25) is 0 Å². The minimum absolute atomic E-state index is 0.951. The summed E-state index contributed by atoms with van der Waals surface area (Å²) in [6.45, 7) is 2.09. The maximum absolute atomic E-state index is 4.22. The number of hydrogen-bond acceptors (Lipinski definition) is 4. The van der Waals surface area contributed by atoms with Crippen LogP contribution < -0.4 is 0 Å². The average molecular weight is 191 g/mol. The Bertz CT molecular complexity index is 384. The monoisotopic (exact) mass is 191 g/mol. The van der Waals surface area contributed by atoms with E-state index >= 15 is 0 Å². The molecular weight excluding hydrogens is 182 g/mol. The number of nitrogens with zero attached hydrogens (tertiary/aromatic N) is 3. The lowest BCUT2D eigenvalue weighted by atomic mass is 10.2. The highest BCUT2D eigenvalue weighted by atomic mass is 32.1. The SMILES string of the molecule is CCc1cc(-c2nncs2)ccn1. The number of aromatic nitrogens is 3. The van der Waals surface area contributed by atoms with Crippen LogP contribution in [0.2, 0.25) is 0 Å². The van der Waals surface area contributed by atoms with Crippen LogP contribution in [0.1, 0.15) is 12.6 Å². The Labute approximate surface area is 80.5 Å². The molecule has 0 saturated carbocycles. The van der Waals surface area contributed by atoms with Gasteiger partial charge in [-0.3, -0.25) is 4.98 Å². The third-order valence-electron chi connectivity index (χ3n) is 1.79. The van der Waals surface area contributed by atoms with Crippen LogP contribution in [0.25, 0.3) is 10.6 Å². The lowest BCUT2D eigenvalue weighted by Crippen LogP contribution is -1.86. The minimum Gasteiger partial charge on any atom is -0.261 e. The van der Waals surface area contributed by atoms with Gasteiger partial charge in [-0.05, 0) is 18.6 Å². The van der Waals surface area contributed by atoms with Crippen LogP contribution in [0.4, 0.5) is 0 Å². The minimum atomic E-state index is 0.951. The normalized spacial score (nSPS) is 10.2. The Kier molecular flexibility index (Phi) is 2.31. The van der Waals surface area contributed by atoms with Crippen molar-refractivity contribution in [2.24, 2.45) is 0 Å². The zero-order chi connectivity index (χ0) is 9.10. The number of hydrogen-bond donors (Lipinski definition) is 0. The van der Waals surface area contributed by atoms with Gasteiger partial charge in [0.1, 0.15) is 10.5 Å². The molecule has 66 valence electrons. The van der Waals surface area contributed by atoms with Gasteiger partial charge in [-0.1, -0.05) is 18.3 Å². The van der Waals surface area contributed by atoms with E-state index in [0.717, 1.165) is 22.7 Å². The fourth-order valence-corrected chi connectivity index (χ4v) is 1.65. The van der Waals surface area contributed by atoms with Crippen molar-refractivity contribution in [1.82, 2.24) is 15.2 Å². The molecule has 0 spiro atoms. The topological polar surface area (TPSA) is 38.7 Å². The molecule has 0 saturated heterocycles. The van der Waals surface area contributed by atoms with Gasteiger partial charge in [-0.25, -0.2) is 0 Å². The first-order valence-electron chi connectivity index (χ1n) is 4.11. The molecule has 2 aromatic heterocycles. The first kappa shape index (κ1) is 8.31. The number of aryl methyl sites for hydroxylation is 1. The summed E-state index contributed by atoms with van der Waals surface area (Å²) in [5.74, 6) is 0. The predicted octanol–water partition coefficient (Wildman–Crippen LogP) is 2.16. The third kappa shape index (κ3) is 1.72. The average Bonchev–Trinajstić information content (AvgIpc) is 2.71. The highest BCUT2D eigenvalue weighted by Gasteiger charge is 2.01. The van der Waals surface area contributed by atoms with E-state index in [1.54, 1.807) is 16.8 Å². The Morgan fingerprint density at radius 1 is 1.46 bits per heavy atom. The molecule has 0 bridgehead atoms. The highest BCUT2D eigenvalue weighted by Crippen LogP contribution is 2.20. The second kappa shape index (κ2) is 3.62. The summed E-state index contributed by atoms with van der Waals surface area (Å²) in [6, 6.07) is 4.01. The molecule has 2 rings (SSSR count). The summed E-state index contributed by atoms with van der Waals surface area (Å²) in [5.41, 5.74) is 3.93. The molecule has 4 heteroatoms. The van der Waals surface area contributed by atoms with Crippen molar-refractivity contribution in [3.63, 3.8) is 0 Å². The van der Waals surface area contributed by atoms with E-state index in [4.69, 9.17) is 0 Å². The summed E-state index contributed by atoms with van der Waals surface area (Å²) in [4.78, 5) is 4.22. The second-order valence-corrected chi connectivity index (χ2v) is 3.47. The van der Waals surface area contributed by atoms with E-state index in [1.807, 2.05) is 12.3 Å². The lowest BCUT2D eigenvalue weighted by molar-refractivity contribution is 1.03. The van der Waals surface area contributed by atoms with E-state index in [2.05, 4.69) is 28.2 Å². The van der Waals surface area contributed by atoms with E-state index < -0.39 is 0 Å². The van der Waals surface area contributed by atoms with Crippen LogP contribution in [-0.2, 0) is 6.42 Å². The standard InChI is InChI=1S/C9H9N3S/c1-2-8-5-7(3-4-10-8)9-12-11-6-13-9/h3-6H,2H2,1H3.